The predicted octanol–water partition coefficient (Wildman–Crippen LogP) is 3.71. The Hall–Kier alpha value is -0.0800. The van der Waals surface area contributed by atoms with E-state index in [0.29, 0.717) is 0 Å². The Morgan fingerprint density at radius 3 is 2.63 bits per heavy atom. The van der Waals surface area contributed by atoms with E-state index in [-0.39, 0.29) is 0 Å². The van der Waals surface area contributed by atoms with E-state index >= 15 is 0 Å². The second-order valence-corrected chi connectivity index (χ2v) is 7.36. The van der Waals surface area contributed by atoms with Gasteiger partial charge in [0, 0.05) is 13.7 Å². The summed E-state index contributed by atoms with van der Waals surface area (Å²) in [7, 11) is 1.78. The Morgan fingerprint density at radius 1 is 1.21 bits per heavy atom. The van der Waals surface area contributed by atoms with Crippen molar-refractivity contribution in [1.82, 2.24) is 5.32 Å². The van der Waals surface area contributed by atoms with Crippen molar-refractivity contribution in [2.45, 2.75) is 52.4 Å². The maximum Gasteiger partial charge on any atom is 0.0587 e. The molecule has 0 aromatic heterocycles. The van der Waals surface area contributed by atoms with Crippen LogP contribution in [0.1, 0.15) is 52.4 Å². The fourth-order valence-corrected chi connectivity index (χ4v) is 4.50. The van der Waals surface area contributed by atoms with E-state index in [1.807, 2.05) is 0 Å². The lowest BCUT2D eigenvalue weighted by Gasteiger charge is -2.28. The molecule has 2 aliphatic rings. The van der Waals surface area contributed by atoms with Gasteiger partial charge in [0.05, 0.1) is 6.61 Å². The molecule has 4 atom stereocenters. The van der Waals surface area contributed by atoms with E-state index in [4.69, 9.17) is 4.74 Å². The average Bonchev–Trinajstić information content (AvgIpc) is 2.96. The number of hydrogen-bond donors (Lipinski definition) is 1. The minimum atomic E-state index is 0.827. The molecule has 4 unspecified atom stereocenters. The van der Waals surface area contributed by atoms with Crippen LogP contribution in [0.3, 0.4) is 0 Å². The molecule has 2 nitrogen and oxygen atoms in total. The molecule has 2 rings (SSSR count). The summed E-state index contributed by atoms with van der Waals surface area (Å²) in [6, 6.07) is 0. The molecule has 2 aliphatic carbocycles. The van der Waals surface area contributed by atoms with E-state index in [1.165, 1.54) is 38.6 Å². The van der Waals surface area contributed by atoms with Crippen molar-refractivity contribution in [2.75, 3.05) is 26.8 Å². The first kappa shape index (κ1) is 15.3. The smallest absolute Gasteiger partial charge is 0.0587 e. The van der Waals surface area contributed by atoms with Crippen LogP contribution in [-0.4, -0.2) is 26.8 Å². The quantitative estimate of drug-likeness (QED) is 0.643. The minimum absolute atomic E-state index is 0.827. The summed E-state index contributed by atoms with van der Waals surface area (Å²) < 4.78 is 5.12. The molecular formula is C17H33NO. The SMILES string of the molecule is COCCNCC(CC(C)C)CC1CC2CCC1C2. The standard InChI is InChI=1S/C17H33NO/c1-13(2)8-15(12-18-6-7-19-3)11-17-10-14-4-5-16(17)9-14/h13-18H,4-12H2,1-3H3. The van der Waals surface area contributed by atoms with Gasteiger partial charge in [-0.05, 0) is 68.2 Å². The fourth-order valence-electron chi connectivity index (χ4n) is 4.50. The molecule has 0 amide bonds. The van der Waals surface area contributed by atoms with Gasteiger partial charge < -0.3 is 10.1 Å². The van der Waals surface area contributed by atoms with Crippen molar-refractivity contribution >= 4 is 0 Å². The van der Waals surface area contributed by atoms with E-state index in [0.717, 1.165) is 42.7 Å². The molecule has 0 aromatic carbocycles. The molecule has 2 saturated carbocycles. The number of rotatable bonds is 9. The Morgan fingerprint density at radius 2 is 2.05 bits per heavy atom. The third kappa shape index (κ3) is 4.75. The van der Waals surface area contributed by atoms with Crippen LogP contribution in [0.5, 0.6) is 0 Å². The van der Waals surface area contributed by atoms with Gasteiger partial charge in [0.1, 0.15) is 0 Å². The van der Waals surface area contributed by atoms with Crippen molar-refractivity contribution < 1.29 is 4.74 Å². The van der Waals surface area contributed by atoms with Crippen molar-refractivity contribution in [3.05, 3.63) is 0 Å². The number of nitrogens with one attached hydrogen (secondary N) is 1. The molecule has 112 valence electrons. The molecule has 0 spiro atoms. The van der Waals surface area contributed by atoms with Crippen LogP contribution < -0.4 is 5.32 Å². The molecule has 2 fully saturated rings. The van der Waals surface area contributed by atoms with Crippen LogP contribution in [0.4, 0.5) is 0 Å². The van der Waals surface area contributed by atoms with Gasteiger partial charge in [-0.3, -0.25) is 0 Å². The monoisotopic (exact) mass is 267 g/mol. The van der Waals surface area contributed by atoms with Crippen LogP contribution >= 0.6 is 0 Å². The van der Waals surface area contributed by atoms with Crippen molar-refractivity contribution in [3.63, 3.8) is 0 Å². The lowest BCUT2D eigenvalue weighted by molar-refractivity contribution is 0.192. The Kier molecular flexibility index (Phi) is 6.15. The van der Waals surface area contributed by atoms with E-state index in [9.17, 15) is 0 Å². The van der Waals surface area contributed by atoms with E-state index in [1.54, 1.807) is 13.5 Å². The van der Waals surface area contributed by atoms with Gasteiger partial charge in [0.25, 0.3) is 0 Å². The molecule has 2 heteroatoms. The summed E-state index contributed by atoms with van der Waals surface area (Å²) in [5.74, 6) is 4.93. The van der Waals surface area contributed by atoms with Gasteiger partial charge in [-0.1, -0.05) is 20.3 Å². The maximum absolute atomic E-state index is 5.12. The number of hydrogen-bond acceptors (Lipinski definition) is 2. The summed E-state index contributed by atoms with van der Waals surface area (Å²) in [4.78, 5) is 0. The number of methoxy groups -OCH3 is 1. The van der Waals surface area contributed by atoms with Crippen LogP contribution in [0.25, 0.3) is 0 Å². The first-order valence-corrected chi connectivity index (χ1v) is 8.38. The Bertz CT molecular complexity index is 254. The summed E-state index contributed by atoms with van der Waals surface area (Å²) in [6.07, 6.45) is 9.00. The van der Waals surface area contributed by atoms with Crippen LogP contribution in [0, 0.1) is 29.6 Å². The van der Waals surface area contributed by atoms with Crippen LogP contribution in [0.15, 0.2) is 0 Å². The summed E-state index contributed by atoms with van der Waals surface area (Å²) in [5.41, 5.74) is 0. The highest BCUT2D eigenvalue weighted by Crippen LogP contribution is 2.50. The molecule has 0 aromatic rings. The lowest BCUT2D eigenvalue weighted by Crippen LogP contribution is -2.29. The van der Waals surface area contributed by atoms with E-state index in [2.05, 4.69) is 19.2 Å². The summed E-state index contributed by atoms with van der Waals surface area (Å²) in [5, 5.41) is 3.58. The molecule has 0 saturated heterocycles. The zero-order chi connectivity index (χ0) is 13.7. The van der Waals surface area contributed by atoms with Crippen LogP contribution in [0.2, 0.25) is 0 Å². The highest BCUT2D eigenvalue weighted by molar-refractivity contribution is 4.91. The normalized spacial score (nSPS) is 31.3. The first-order chi connectivity index (χ1) is 9.19. The Balaban J connectivity index is 1.73. The molecular weight excluding hydrogens is 234 g/mol. The zero-order valence-corrected chi connectivity index (χ0v) is 13.2. The third-order valence-corrected chi connectivity index (χ3v) is 5.24. The highest BCUT2D eigenvalue weighted by Gasteiger charge is 2.39. The molecule has 0 radical (unpaired) electrons. The van der Waals surface area contributed by atoms with Crippen molar-refractivity contribution in [3.8, 4) is 0 Å². The molecule has 0 aliphatic heterocycles. The van der Waals surface area contributed by atoms with Gasteiger partial charge >= 0.3 is 0 Å². The number of fused-ring (bicyclic) bond motifs is 2. The van der Waals surface area contributed by atoms with Crippen LogP contribution in [-0.2, 0) is 4.74 Å². The molecule has 2 bridgehead atoms. The fraction of sp³-hybridized carbons (Fsp3) is 1.00. The highest BCUT2D eigenvalue weighted by atomic mass is 16.5. The van der Waals surface area contributed by atoms with Gasteiger partial charge in [-0.2, -0.15) is 0 Å². The van der Waals surface area contributed by atoms with Gasteiger partial charge in [0.2, 0.25) is 0 Å². The third-order valence-electron chi connectivity index (χ3n) is 5.24. The maximum atomic E-state index is 5.12. The average molecular weight is 267 g/mol. The topological polar surface area (TPSA) is 21.3 Å². The zero-order valence-electron chi connectivity index (χ0n) is 13.2. The largest absolute Gasteiger partial charge is 0.383 e. The minimum Gasteiger partial charge on any atom is -0.383 e. The second-order valence-electron chi connectivity index (χ2n) is 7.36. The lowest BCUT2D eigenvalue weighted by atomic mass is 9.80. The summed E-state index contributed by atoms with van der Waals surface area (Å²) >= 11 is 0. The number of ether oxygens (including phenoxy) is 1. The second kappa shape index (κ2) is 7.64. The Labute approximate surface area is 119 Å². The van der Waals surface area contributed by atoms with Crippen molar-refractivity contribution in [1.29, 1.82) is 0 Å². The summed E-state index contributed by atoms with van der Waals surface area (Å²) in [6.45, 7) is 7.76. The molecule has 0 heterocycles. The van der Waals surface area contributed by atoms with E-state index < -0.39 is 0 Å². The molecule has 19 heavy (non-hydrogen) atoms. The van der Waals surface area contributed by atoms with Gasteiger partial charge in [0.15, 0.2) is 0 Å². The van der Waals surface area contributed by atoms with Gasteiger partial charge in [-0.15, -0.1) is 0 Å². The van der Waals surface area contributed by atoms with Crippen molar-refractivity contribution in [2.24, 2.45) is 29.6 Å². The predicted molar refractivity (Wildman–Crippen MR) is 81.2 cm³/mol. The molecule has 1 N–H and O–H groups in total. The first-order valence-electron chi connectivity index (χ1n) is 8.38. The van der Waals surface area contributed by atoms with Gasteiger partial charge in [-0.25, -0.2) is 0 Å².